The van der Waals surface area contributed by atoms with Gasteiger partial charge in [0.05, 0.1) is 6.10 Å². The molecule has 1 rings (SSSR count). The summed E-state index contributed by atoms with van der Waals surface area (Å²) in [6.07, 6.45) is 2.50. The van der Waals surface area contributed by atoms with E-state index in [0.29, 0.717) is 10.6 Å². The van der Waals surface area contributed by atoms with Crippen LogP contribution in [0, 0.1) is 5.41 Å². The van der Waals surface area contributed by atoms with Gasteiger partial charge in [0, 0.05) is 17.1 Å². The van der Waals surface area contributed by atoms with E-state index in [4.69, 9.17) is 11.6 Å². The first-order chi connectivity index (χ1) is 8.79. The van der Waals surface area contributed by atoms with Crippen molar-refractivity contribution in [2.24, 2.45) is 5.41 Å². The summed E-state index contributed by atoms with van der Waals surface area (Å²) in [4.78, 5) is 11.6. The fraction of sp³-hybridized carbons (Fsp3) is 0.400. The smallest absolute Gasteiger partial charge is 0.243 e. The highest BCUT2D eigenvalue weighted by atomic mass is 35.5. The van der Waals surface area contributed by atoms with E-state index in [9.17, 15) is 9.90 Å². The lowest BCUT2D eigenvalue weighted by molar-refractivity contribution is -0.117. The summed E-state index contributed by atoms with van der Waals surface area (Å²) in [5.74, 6) is -0.221. The third-order valence-corrected chi connectivity index (χ3v) is 2.81. The van der Waals surface area contributed by atoms with Crippen LogP contribution in [0.4, 0.5) is 0 Å². The van der Waals surface area contributed by atoms with Crippen LogP contribution in [0.25, 0.3) is 0 Å². The van der Waals surface area contributed by atoms with E-state index in [1.54, 1.807) is 24.3 Å². The first kappa shape index (κ1) is 15.7. The summed E-state index contributed by atoms with van der Waals surface area (Å²) in [5.41, 5.74) is 0.572. The molecule has 1 aromatic carbocycles. The zero-order chi connectivity index (χ0) is 14.5. The molecule has 1 atom stereocenters. The average Bonchev–Trinajstić information content (AvgIpc) is 2.33. The van der Waals surface area contributed by atoms with E-state index in [1.807, 2.05) is 26.8 Å². The minimum atomic E-state index is -0.805. The summed E-state index contributed by atoms with van der Waals surface area (Å²) < 4.78 is 0. The molecule has 0 aliphatic carbocycles. The predicted octanol–water partition coefficient (Wildman–Crippen LogP) is 3.09. The van der Waals surface area contributed by atoms with Crippen LogP contribution in [0.1, 0.15) is 32.4 Å². The van der Waals surface area contributed by atoms with E-state index in [2.05, 4.69) is 5.32 Å². The van der Waals surface area contributed by atoms with Crippen molar-refractivity contribution < 1.29 is 9.90 Å². The lowest BCUT2D eigenvalue weighted by Crippen LogP contribution is -2.27. The van der Waals surface area contributed by atoms with Gasteiger partial charge < -0.3 is 10.4 Å². The van der Waals surface area contributed by atoms with E-state index >= 15 is 0 Å². The molecule has 0 spiro atoms. The van der Waals surface area contributed by atoms with Crippen molar-refractivity contribution in [3.63, 3.8) is 0 Å². The maximum atomic E-state index is 11.6. The number of allylic oxidation sites excluding steroid dienone is 1. The molecule has 1 aromatic rings. The van der Waals surface area contributed by atoms with E-state index in [-0.39, 0.29) is 17.9 Å². The molecule has 2 N–H and O–H groups in total. The number of rotatable bonds is 4. The van der Waals surface area contributed by atoms with Gasteiger partial charge in [0.25, 0.3) is 0 Å². The van der Waals surface area contributed by atoms with Gasteiger partial charge in [0.2, 0.25) is 5.91 Å². The maximum Gasteiger partial charge on any atom is 0.243 e. The van der Waals surface area contributed by atoms with Crippen LogP contribution in [-0.4, -0.2) is 17.6 Å². The molecule has 0 fully saturated rings. The minimum Gasteiger partial charge on any atom is -0.387 e. The molecule has 19 heavy (non-hydrogen) atoms. The Hall–Kier alpha value is -1.32. The van der Waals surface area contributed by atoms with E-state index in [1.165, 1.54) is 6.08 Å². The molecule has 3 nitrogen and oxygen atoms in total. The van der Waals surface area contributed by atoms with Crippen LogP contribution >= 0.6 is 11.6 Å². The highest BCUT2D eigenvalue weighted by Crippen LogP contribution is 2.21. The SMILES string of the molecule is CC(C)(C)/C=C/C(=O)NCC(O)c1ccccc1Cl. The second-order valence-corrected chi connectivity index (χ2v) is 5.89. The molecule has 4 heteroatoms. The number of hydrogen-bond donors (Lipinski definition) is 2. The first-order valence-corrected chi connectivity index (χ1v) is 6.57. The normalized spacial score (nSPS) is 13.5. The number of nitrogens with one attached hydrogen (secondary N) is 1. The lowest BCUT2D eigenvalue weighted by atomic mass is 9.96. The minimum absolute atomic E-state index is 0.0430. The van der Waals surface area contributed by atoms with Crippen molar-refractivity contribution in [2.75, 3.05) is 6.54 Å². The molecule has 0 heterocycles. The summed E-state index contributed by atoms with van der Waals surface area (Å²) >= 11 is 5.97. The largest absolute Gasteiger partial charge is 0.387 e. The number of amides is 1. The van der Waals surface area contributed by atoms with Gasteiger partial charge in [0.15, 0.2) is 0 Å². The molecule has 0 aliphatic rings. The monoisotopic (exact) mass is 281 g/mol. The van der Waals surface area contributed by atoms with E-state index < -0.39 is 6.10 Å². The van der Waals surface area contributed by atoms with Gasteiger partial charge in [-0.1, -0.05) is 56.6 Å². The summed E-state index contributed by atoms with van der Waals surface area (Å²) in [6, 6.07) is 7.04. The number of carbonyl (C=O) groups excluding carboxylic acids is 1. The van der Waals surface area contributed by atoms with Gasteiger partial charge >= 0.3 is 0 Å². The van der Waals surface area contributed by atoms with Crippen molar-refractivity contribution in [2.45, 2.75) is 26.9 Å². The van der Waals surface area contributed by atoms with Gasteiger partial charge in [-0.25, -0.2) is 0 Å². The zero-order valence-corrected chi connectivity index (χ0v) is 12.2. The van der Waals surface area contributed by atoms with Crippen LogP contribution in [-0.2, 0) is 4.79 Å². The van der Waals surface area contributed by atoms with Gasteiger partial charge in [-0.05, 0) is 17.6 Å². The van der Waals surface area contributed by atoms with E-state index in [0.717, 1.165) is 0 Å². The molecular formula is C15H20ClNO2. The van der Waals surface area contributed by atoms with Crippen molar-refractivity contribution in [3.8, 4) is 0 Å². The standard InChI is InChI=1S/C15H20ClNO2/c1-15(2,3)9-8-14(19)17-10-13(18)11-6-4-5-7-12(11)16/h4-9,13,18H,10H2,1-3H3,(H,17,19)/b9-8+. The Morgan fingerprint density at radius 3 is 2.63 bits per heavy atom. The van der Waals surface area contributed by atoms with Gasteiger partial charge in [0.1, 0.15) is 0 Å². The molecule has 1 unspecified atom stereocenters. The number of carbonyl (C=O) groups is 1. The highest BCUT2D eigenvalue weighted by Gasteiger charge is 2.12. The second-order valence-electron chi connectivity index (χ2n) is 5.48. The summed E-state index contributed by atoms with van der Waals surface area (Å²) in [5, 5.41) is 13.1. The van der Waals surface area contributed by atoms with Crippen LogP contribution < -0.4 is 5.32 Å². The van der Waals surface area contributed by atoms with Gasteiger partial charge in [-0.2, -0.15) is 0 Å². The fourth-order valence-electron chi connectivity index (χ4n) is 1.44. The summed E-state index contributed by atoms with van der Waals surface area (Å²) in [6.45, 7) is 6.16. The number of benzene rings is 1. The van der Waals surface area contributed by atoms with Crippen LogP contribution in [0.15, 0.2) is 36.4 Å². The zero-order valence-electron chi connectivity index (χ0n) is 11.5. The molecule has 0 aliphatic heterocycles. The number of aliphatic hydroxyl groups excluding tert-OH is 1. The molecule has 0 saturated heterocycles. The van der Waals surface area contributed by atoms with Gasteiger partial charge in [-0.3, -0.25) is 4.79 Å². The third-order valence-electron chi connectivity index (χ3n) is 2.47. The first-order valence-electron chi connectivity index (χ1n) is 6.19. The van der Waals surface area contributed by atoms with Crippen molar-refractivity contribution in [1.29, 1.82) is 0 Å². The third kappa shape index (κ3) is 5.90. The summed E-state index contributed by atoms with van der Waals surface area (Å²) in [7, 11) is 0. The van der Waals surface area contributed by atoms with Crippen molar-refractivity contribution in [3.05, 3.63) is 47.0 Å². The lowest BCUT2D eigenvalue weighted by Gasteiger charge is -2.14. The Morgan fingerprint density at radius 1 is 1.42 bits per heavy atom. The molecule has 0 bridgehead atoms. The molecular weight excluding hydrogens is 262 g/mol. The van der Waals surface area contributed by atoms with Crippen LogP contribution in [0.3, 0.4) is 0 Å². The van der Waals surface area contributed by atoms with Crippen molar-refractivity contribution in [1.82, 2.24) is 5.32 Å². The number of halogens is 1. The Balaban J connectivity index is 2.51. The molecule has 1 amide bonds. The molecule has 0 aromatic heterocycles. The molecule has 0 radical (unpaired) electrons. The Labute approximate surface area is 119 Å². The predicted molar refractivity (Wildman–Crippen MR) is 78.0 cm³/mol. The Morgan fingerprint density at radius 2 is 2.05 bits per heavy atom. The quantitative estimate of drug-likeness (QED) is 0.833. The number of aliphatic hydroxyl groups is 1. The topological polar surface area (TPSA) is 49.3 Å². The second kappa shape index (κ2) is 6.73. The maximum absolute atomic E-state index is 11.6. The average molecular weight is 282 g/mol. The molecule has 104 valence electrons. The van der Waals surface area contributed by atoms with Gasteiger partial charge in [-0.15, -0.1) is 0 Å². The molecule has 0 saturated carbocycles. The fourth-order valence-corrected chi connectivity index (χ4v) is 1.70. The Bertz CT molecular complexity index is 463. The highest BCUT2D eigenvalue weighted by molar-refractivity contribution is 6.31. The van der Waals surface area contributed by atoms with Crippen LogP contribution in [0.5, 0.6) is 0 Å². The number of hydrogen-bond acceptors (Lipinski definition) is 2. The van der Waals surface area contributed by atoms with Crippen LogP contribution in [0.2, 0.25) is 5.02 Å². The van der Waals surface area contributed by atoms with Crippen molar-refractivity contribution >= 4 is 17.5 Å². The Kier molecular flexibility index (Phi) is 5.58.